The van der Waals surface area contributed by atoms with Gasteiger partial charge in [-0.25, -0.2) is 0 Å². The van der Waals surface area contributed by atoms with E-state index >= 15 is 0 Å². The largest absolute Gasteiger partial charge is 0.454 e. The Morgan fingerprint density at radius 1 is 0.362 bits per heavy atom. The molecule has 16 rings (SSSR count). The SMILES string of the molecule is CC12c3ccc(cc3)C3(c4ccccc4)c4ccccc4-c4ccc(cc43)N(c3c(-c4ccccc4-c4ccccc4)ccc4c3oc3ccc5ccccc5c34)c3ccc(c1c3)-c1ccccc12. The predicted molar refractivity (Wildman–Crippen MR) is 285 cm³/mol. The van der Waals surface area contributed by atoms with Crippen LogP contribution in [0.2, 0.25) is 0 Å². The number of nitrogens with zero attached hydrogens (tertiary/aromatic N) is 1. The van der Waals surface area contributed by atoms with Crippen molar-refractivity contribution >= 4 is 49.8 Å². The van der Waals surface area contributed by atoms with Crippen LogP contribution in [0.4, 0.5) is 17.1 Å². The molecule has 11 aromatic carbocycles. The highest BCUT2D eigenvalue weighted by molar-refractivity contribution is 6.22. The van der Waals surface area contributed by atoms with E-state index in [1.165, 1.54) is 77.5 Å². The van der Waals surface area contributed by atoms with Crippen LogP contribution in [0, 0.1) is 0 Å². The van der Waals surface area contributed by atoms with E-state index in [-0.39, 0.29) is 0 Å². The maximum Gasteiger partial charge on any atom is 0.160 e. The predicted octanol–water partition coefficient (Wildman–Crippen LogP) is 17.6. The van der Waals surface area contributed by atoms with Crippen LogP contribution in [0.15, 0.2) is 247 Å². The first-order valence-electron chi connectivity index (χ1n) is 24.1. The van der Waals surface area contributed by atoms with Gasteiger partial charge in [-0.05, 0) is 132 Å². The summed E-state index contributed by atoms with van der Waals surface area (Å²) in [7, 11) is 0. The molecule has 2 atom stereocenters. The lowest BCUT2D eigenvalue weighted by atomic mass is 9.66. The molecule has 2 aliphatic heterocycles. The van der Waals surface area contributed by atoms with Gasteiger partial charge in [-0.15, -0.1) is 0 Å². The molecular formula is C67H43NO. The van der Waals surface area contributed by atoms with Crippen LogP contribution in [-0.2, 0) is 10.8 Å². The van der Waals surface area contributed by atoms with Gasteiger partial charge in [-0.1, -0.05) is 206 Å². The van der Waals surface area contributed by atoms with E-state index in [4.69, 9.17) is 4.42 Å². The highest BCUT2D eigenvalue weighted by Crippen LogP contribution is 2.60. The summed E-state index contributed by atoms with van der Waals surface area (Å²) in [5, 5.41) is 4.59. The van der Waals surface area contributed by atoms with Crippen molar-refractivity contribution < 1.29 is 4.42 Å². The maximum atomic E-state index is 7.39. The Bertz CT molecular complexity index is 4090. The van der Waals surface area contributed by atoms with Crippen molar-refractivity contribution in [3.05, 3.63) is 282 Å². The second kappa shape index (κ2) is 14.2. The van der Waals surface area contributed by atoms with E-state index in [1.807, 2.05) is 0 Å². The highest BCUT2D eigenvalue weighted by atomic mass is 16.3. The Morgan fingerprint density at radius 2 is 0.913 bits per heavy atom. The summed E-state index contributed by atoms with van der Waals surface area (Å²) in [6.45, 7) is 2.43. The van der Waals surface area contributed by atoms with Crippen molar-refractivity contribution in [3.63, 3.8) is 0 Å². The van der Waals surface area contributed by atoms with Gasteiger partial charge in [-0.2, -0.15) is 0 Å². The smallest absolute Gasteiger partial charge is 0.160 e. The van der Waals surface area contributed by atoms with E-state index in [0.717, 1.165) is 55.7 Å². The third-order valence-electron chi connectivity index (χ3n) is 16.0. The minimum Gasteiger partial charge on any atom is -0.454 e. The van der Waals surface area contributed by atoms with Crippen molar-refractivity contribution in [2.45, 2.75) is 17.8 Å². The first-order chi connectivity index (χ1) is 34.1. The summed E-state index contributed by atoms with van der Waals surface area (Å²) < 4.78 is 7.39. The van der Waals surface area contributed by atoms with Crippen molar-refractivity contribution in [2.24, 2.45) is 0 Å². The van der Waals surface area contributed by atoms with Gasteiger partial charge in [0, 0.05) is 33.1 Å². The summed E-state index contributed by atoms with van der Waals surface area (Å²) >= 11 is 0. The van der Waals surface area contributed by atoms with Crippen LogP contribution in [0.5, 0.6) is 0 Å². The van der Waals surface area contributed by atoms with Gasteiger partial charge in [0.25, 0.3) is 0 Å². The van der Waals surface area contributed by atoms with Gasteiger partial charge in [0.15, 0.2) is 5.58 Å². The molecule has 2 heteroatoms. The zero-order valence-electron chi connectivity index (χ0n) is 37.9. The monoisotopic (exact) mass is 877 g/mol. The topological polar surface area (TPSA) is 16.4 Å². The van der Waals surface area contributed by atoms with Crippen molar-refractivity contribution in [3.8, 4) is 44.5 Å². The van der Waals surface area contributed by atoms with Crippen LogP contribution in [0.3, 0.4) is 0 Å². The van der Waals surface area contributed by atoms with Crippen LogP contribution in [0.1, 0.15) is 45.9 Å². The van der Waals surface area contributed by atoms with Crippen LogP contribution in [-0.4, -0.2) is 0 Å². The lowest BCUT2D eigenvalue weighted by Gasteiger charge is -2.35. The Kier molecular flexibility index (Phi) is 7.87. The molecule has 0 saturated carbocycles. The molecular weight excluding hydrogens is 835 g/mol. The summed E-state index contributed by atoms with van der Waals surface area (Å²) in [5.41, 5.74) is 22.3. The molecule has 0 amide bonds. The van der Waals surface area contributed by atoms with Gasteiger partial charge in [0.05, 0.1) is 11.1 Å². The van der Waals surface area contributed by atoms with E-state index in [0.29, 0.717) is 0 Å². The third-order valence-corrected chi connectivity index (χ3v) is 16.0. The lowest BCUT2D eigenvalue weighted by molar-refractivity contribution is 0.669. The Morgan fingerprint density at radius 3 is 1.68 bits per heavy atom. The lowest BCUT2D eigenvalue weighted by Crippen LogP contribution is -2.29. The number of hydrogen-bond donors (Lipinski definition) is 0. The molecule has 2 nitrogen and oxygen atoms in total. The standard InChI is InChI=1S/C67H43NO/c1-66-44-29-31-46(32-30-44)67(45-19-6-3-7-20-45)59-27-15-13-25-53(59)55-36-34-48(41-61(55)67)68(47-33-35-54(60(66)40-47)52-24-12-14-26-58(52)66)64-56(51-23-11-10-21-49(51)42-16-4-2-5-17-42)37-38-57-63-50-22-9-8-18-43(50)28-39-62(63)69-65(57)64/h2-41H,1H3. The molecule has 322 valence electrons. The second-order valence-electron chi connectivity index (χ2n) is 19.2. The number of anilines is 3. The third kappa shape index (κ3) is 5.10. The van der Waals surface area contributed by atoms with Crippen LogP contribution in [0.25, 0.3) is 77.2 Å². The Hall–Kier alpha value is -8.72. The number of benzene rings is 11. The molecule has 3 heterocycles. The summed E-state index contributed by atoms with van der Waals surface area (Å²) in [5.74, 6) is 0. The zero-order valence-corrected chi connectivity index (χ0v) is 37.9. The summed E-state index contributed by atoms with van der Waals surface area (Å²) in [6.07, 6.45) is 0. The molecule has 4 aliphatic rings. The van der Waals surface area contributed by atoms with Crippen molar-refractivity contribution in [1.82, 2.24) is 0 Å². The minimum absolute atomic E-state index is 0.440. The number of furan rings is 1. The van der Waals surface area contributed by atoms with Gasteiger partial charge in [0.1, 0.15) is 5.58 Å². The quantitative estimate of drug-likeness (QED) is 0.175. The van der Waals surface area contributed by atoms with E-state index in [2.05, 4.69) is 254 Å². The molecule has 0 N–H and O–H groups in total. The second-order valence-corrected chi connectivity index (χ2v) is 19.2. The average Bonchev–Trinajstić information content (AvgIpc) is 4.04. The molecule has 0 radical (unpaired) electrons. The normalized spacial score (nSPS) is 17.1. The average molecular weight is 878 g/mol. The molecule has 6 bridgehead atoms. The first-order valence-corrected chi connectivity index (χ1v) is 24.1. The molecule has 0 fully saturated rings. The van der Waals surface area contributed by atoms with E-state index in [1.54, 1.807) is 0 Å². The summed E-state index contributed by atoms with van der Waals surface area (Å²) in [6, 6.07) is 90.7. The van der Waals surface area contributed by atoms with E-state index < -0.39 is 10.8 Å². The molecule has 0 saturated heterocycles. The number of hydrogen-bond acceptors (Lipinski definition) is 2. The van der Waals surface area contributed by atoms with Crippen LogP contribution < -0.4 is 4.90 Å². The van der Waals surface area contributed by atoms with E-state index in [9.17, 15) is 0 Å². The van der Waals surface area contributed by atoms with Gasteiger partial charge in [0.2, 0.25) is 0 Å². The zero-order chi connectivity index (χ0) is 45.4. The molecule has 1 aromatic heterocycles. The van der Waals surface area contributed by atoms with Gasteiger partial charge in [-0.3, -0.25) is 0 Å². The summed E-state index contributed by atoms with van der Waals surface area (Å²) in [4.78, 5) is 2.53. The number of fused-ring (bicyclic) bond motifs is 11. The molecule has 2 unspecified atom stereocenters. The molecule has 0 spiro atoms. The minimum atomic E-state index is -0.604. The highest BCUT2D eigenvalue weighted by Gasteiger charge is 2.48. The Balaban J connectivity index is 1.13. The van der Waals surface area contributed by atoms with Crippen molar-refractivity contribution in [1.29, 1.82) is 0 Å². The molecule has 69 heavy (non-hydrogen) atoms. The molecule has 2 aliphatic carbocycles. The van der Waals surface area contributed by atoms with Gasteiger partial charge < -0.3 is 9.32 Å². The fraction of sp³-hybridized carbons (Fsp3) is 0.0448. The first kappa shape index (κ1) is 38.4. The van der Waals surface area contributed by atoms with Gasteiger partial charge >= 0.3 is 0 Å². The van der Waals surface area contributed by atoms with Crippen LogP contribution >= 0.6 is 0 Å². The fourth-order valence-electron chi connectivity index (χ4n) is 12.9. The van der Waals surface area contributed by atoms with Crippen molar-refractivity contribution in [2.75, 3.05) is 4.90 Å². The molecule has 12 aromatic rings. The number of rotatable bonds is 4. The maximum absolute atomic E-state index is 7.39. The Labute approximate surface area is 401 Å². The fourth-order valence-corrected chi connectivity index (χ4v) is 12.9.